The molecule has 1 aliphatic heterocycles. The van der Waals surface area contributed by atoms with Gasteiger partial charge < -0.3 is 15.0 Å². The number of para-hydroxylation sites is 2. The first kappa shape index (κ1) is 17.3. The van der Waals surface area contributed by atoms with Gasteiger partial charge in [0.2, 0.25) is 0 Å². The van der Waals surface area contributed by atoms with Gasteiger partial charge in [0.25, 0.3) is 0 Å². The van der Waals surface area contributed by atoms with E-state index in [4.69, 9.17) is 9.72 Å². The molecule has 6 nitrogen and oxygen atoms in total. The van der Waals surface area contributed by atoms with Crippen molar-refractivity contribution in [1.29, 1.82) is 0 Å². The van der Waals surface area contributed by atoms with Crippen LogP contribution in [0.2, 0.25) is 0 Å². The molecule has 2 aromatic heterocycles. The molecular weight excluding hydrogens is 340 g/mol. The lowest BCUT2D eigenvalue weighted by Crippen LogP contribution is -2.40. The molecule has 4 rings (SSSR count). The first-order valence-corrected chi connectivity index (χ1v) is 9.15. The Labute approximate surface area is 158 Å². The van der Waals surface area contributed by atoms with Crippen molar-refractivity contribution < 1.29 is 9.53 Å². The summed E-state index contributed by atoms with van der Waals surface area (Å²) in [5.41, 5.74) is 2.53. The number of fused-ring (bicyclic) bond motifs is 1. The number of ether oxygens (including phenoxy) is 1. The van der Waals surface area contributed by atoms with Gasteiger partial charge >= 0.3 is 6.03 Å². The highest BCUT2D eigenvalue weighted by molar-refractivity contribution is 5.91. The summed E-state index contributed by atoms with van der Waals surface area (Å²) in [4.78, 5) is 23.5. The summed E-state index contributed by atoms with van der Waals surface area (Å²) in [6.45, 7) is 1.40. The van der Waals surface area contributed by atoms with Gasteiger partial charge in [-0.2, -0.15) is 0 Å². The van der Waals surface area contributed by atoms with Crippen molar-refractivity contribution >= 4 is 22.8 Å². The summed E-state index contributed by atoms with van der Waals surface area (Å²) in [6, 6.07) is 15.4. The highest BCUT2D eigenvalue weighted by Gasteiger charge is 2.25. The zero-order valence-corrected chi connectivity index (χ0v) is 15.3. The molecule has 0 unspecified atom stereocenters. The van der Waals surface area contributed by atoms with Crippen LogP contribution in [-0.4, -0.2) is 41.1 Å². The zero-order chi connectivity index (χ0) is 18.6. The molecule has 2 amide bonds. The van der Waals surface area contributed by atoms with Gasteiger partial charge in [0.05, 0.1) is 12.8 Å². The third-order valence-corrected chi connectivity index (χ3v) is 5.03. The predicted molar refractivity (Wildman–Crippen MR) is 105 cm³/mol. The summed E-state index contributed by atoms with van der Waals surface area (Å²) in [6.07, 6.45) is 3.55. The van der Waals surface area contributed by atoms with E-state index in [2.05, 4.69) is 22.4 Å². The Morgan fingerprint density at radius 2 is 1.93 bits per heavy atom. The number of pyridine rings is 2. The minimum Gasteiger partial charge on any atom is -0.495 e. The molecule has 3 heterocycles. The number of carbonyl (C=O) groups excluding carboxylic acids is 1. The van der Waals surface area contributed by atoms with E-state index in [-0.39, 0.29) is 6.03 Å². The minimum atomic E-state index is -0.0916. The van der Waals surface area contributed by atoms with Gasteiger partial charge in [-0.25, -0.2) is 14.8 Å². The Morgan fingerprint density at radius 1 is 1.11 bits per heavy atom. The van der Waals surface area contributed by atoms with Crippen molar-refractivity contribution in [2.75, 3.05) is 25.5 Å². The van der Waals surface area contributed by atoms with Crippen LogP contribution in [0.3, 0.4) is 0 Å². The normalized spacial score (nSPS) is 14.9. The van der Waals surface area contributed by atoms with E-state index in [9.17, 15) is 4.79 Å². The summed E-state index contributed by atoms with van der Waals surface area (Å²) in [5.74, 6) is 1.01. The number of piperidine rings is 1. The van der Waals surface area contributed by atoms with Gasteiger partial charge in [0.1, 0.15) is 5.75 Å². The molecular formula is C21H22N4O2. The maximum absolute atomic E-state index is 12.6. The van der Waals surface area contributed by atoms with E-state index in [1.807, 2.05) is 41.3 Å². The molecule has 1 aliphatic rings. The molecule has 0 bridgehead atoms. The maximum Gasteiger partial charge on any atom is 0.321 e. The Morgan fingerprint density at radius 3 is 2.74 bits per heavy atom. The second kappa shape index (κ2) is 7.61. The molecule has 1 aromatic carbocycles. The van der Waals surface area contributed by atoms with Crippen LogP contribution in [0.5, 0.6) is 5.75 Å². The van der Waals surface area contributed by atoms with Crippen molar-refractivity contribution in [2.24, 2.45) is 0 Å². The van der Waals surface area contributed by atoms with E-state index in [0.29, 0.717) is 30.4 Å². The molecule has 0 radical (unpaired) electrons. The fourth-order valence-electron chi connectivity index (χ4n) is 3.52. The topological polar surface area (TPSA) is 67.3 Å². The van der Waals surface area contributed by atoms with Crippen LogP contribution in [0.1, 0.15) is 24.5 Å². The third kappa shape index (κ3) is 3.69. The summed E-state index contributed by atoms with van der Waals surface area (Å²) < 4.78 is 5.30. The first-order valence-electron chi connectivity index (χ1n) is 9.15. The number of amides is 2. The number of hydrogen-bond donors (Lipinski definition) is 1. The van der Waals surface area contributed by atoms with Gasteiger partial charge in [-0.15, -0.1) is 0 Å². The lowest BCUT2D eigenvalue weighted by molar-refractivity contribution is 0.194. The Bertz CT molecular complexity index is 952. The monoisotopic (exact) mass is 362 g/mol. The van der Waals surface area contributed by atoms with Crippen molar-refractivity contribution in [3.05, 3.63) is 60.4 Å². The maximum atomic E-state index is 12.6. The van der Waals surface area contributed by atoms with Crippen LogP contribution in [0.4, 0.5) is 10.5 Å². The molecule has 0 spiro atoms. The van der Waals surface area contributed by atoms with Gasteiger partial charge in [-0.05, 0) is 49.2 Å². The number of likely N-dealkylation sites (tertiary alicyclic amines) is 1. The molecule has 3 aromatic rings. The number of methoxy groups -OCH3 is 1. The number of aromatic nitrogens is 2. The number of nitrogens with one attached hydrogen (secondary N) is 1. The summed E-state index contributed by atoms with van der Waals surface area (Å²) >= 11 is 0. The second-order valence-corrected chi connectivity index (χ2v) is 6.68. The number of hydrogen-bond acceptors (Lipinski definition) is 4. The third-order valence-electron chi connectivity index (χ3n) is 5.03. The lowest BCUT2D eigenvalue weighted by atomic mass is 9.93. The number of benzene rings is 1. The van der Waals surface area contributed by atoms with Gasteiger partial charge in [-0.3, -0.25) is 0 Å². The Kier molecular flexibility index (Phi) is 4.87. The molecule has 138 valence electrons. The Balaban J connectivity index is 1.40. The molecule has 6 heteroatoms. The number of urea groups is 1. The zero-order valence-electron chi connectivity index (χ0n) is 15.3. The minimum absolute atomic E-state index is 0.0916. The van der Waals surface area contributed by atoms with Crippen LogP contribution in [-0.2, 0) is 0 Å². The molecule has 0 aliphatic carbocycles. The van der Waals surface area contributed by atoms with Gasteiger partial charge in [-0.1, -0.05) is 12.1 Å². The SMILES string of the molecule is COc1ccccc1NC(=O)N1CCC(c2ccc3cccnc3n2)CC1. The highest BCUT2D eigenvalue weighted by Crippen LogP contribution is 2.29. The smallest absolute Gasteiger partial charge is 0.321 e. The van der Waals surface area contributed by atoms with E-state index in [1.54, 1.807) is 13.3 Å². The van der Waals surface area contributed by atoms with Crippen LogP contribution in [0.25, 0.3) is 11.0 Å². The molecule has 0 saturated carbocycles. The molecule has 27 heavy (non-hydrogen) atoms. The number of carbonyl (C=O) groups is 1. The van der Waals surface area contributed by atoms with Crippen LogP contribution < -0.4 is 10.1 Å². The van der Waals surface area contributed by atoms with E-state index < -0.39 is 0 Å². The number of nitrogens with zero attached hydrogens (tertiary/aromatic N) is 3. The van der Waals surface area contributed by atoms with E-state index >= 15 is 0 Å². The fourth-order valence-corrected chi connectivity index (χ4v) is 3.52. The van der Waals surface area contributed by atoms with E-state index in [1.165, 1.54) is 0 Å². The standard InChI is InChI=1S/C21H22N4O2/c1-27-19-7-3-2-6-18(19)24-21(26)25-13-10-15(11-14-25)17-9-8-16-5-4-12-22-20(16)23-17/h2-9,12,15H,10-11,13-14H2,1H3,(H,24,26). The molecule has 1 N–H and O–H groups in total. The number of rotatable bonds is 3. The first-order chi connectivity index (χ1) is 13.2. The molecule has 0 atom stereocenters. The quantitative estimate of drug-likeness (QED) is 0.763. The summed E-state index contributed by atoms with van der Waals surface area (Å²) in [7, 11) is 1.60. The largest absolute Gasteiger partial charge is 0.495 e. The van der Waals surface area contributed by atoms with Crippen LogP contribution in [0.15, 0.2) is 54.7 Å². The lowest BCUT2D eigenvalue weighted by Gasteiger charge is -2.32. The van der Waals surface area contributed by atoms with Crippen LogP contribution in [0, 0.1) is 0 Å². The van der Waals surface area contributed by atoms with Crippen molar-refractivity contribution in [3.63, 3.8) is 0 Å². The van der Waals surface area contributed by atoms with E-state index in [0.717, 1.165) is 29.6 Å². The van der Waals surface area contributed by atoms with Crippen molar-refractivity contribution in [1.82, 2.24) is 14.9 Å². The van der Waals surface area contributed by atoms with Crippen molar-refractivity contribution in [3.8, 4) is 5.75 Å². The van der Waals surface area contributed by atoms with Gasteiger partial charge in [0, 0.05) is 36.3 Å². The average molecular weight is 362 g/mol. The number of anilines is 1. The average Bonchev–Trinajstić information content (AvgIpc) is 2.74. The summed E-state index contributed by atoms with van der Waals surface area (Å²) in [5, 5.41) is 4.00. The predicted octanol–water partition coefficient (Wildman–Crippen LogP) is 4.05. The molecule has 1 saturated heterocycles. The second-order valence-electron chi connectivity index (χ2n) is 6.68. The van der Waals surface area contributed by atoms with Crippen LogP contribution >= 0.6 is 0 Å². The Hall–Kier alpha value is -3.15. The fraction of sp³-hybridized carbons (Fsp3) is 0.286. The van der Waals surface area contributed by atoms with Crippen molar-refractivity contribution in [2.45, 2.75) is 18.8 Å². The molecule has 1 fully saturated rings. The van der Waals surface area contributed by atoms with Gasteiger partial charge in [0.15, 0.2) is 5.65 Å². The highest BCUT2D eigenvalue weighted by atomic mass is 16.5.